The van der Waals surface area contributed by atoms with Crippen molar-refractivity contribution < 1.29 is 19.1 Å². The number of cyclic esters (lactones) is 1. The first-order chi connectivity index (χ1) is 14.8. The van der Waals surface area contributed by atoms with Crippen molar-refractivity contribution in [2.24, 2.45) is 0 Å². The van der Waals surface area contributed by atoms with Crippen LogP contribution in [0.3, 0.4) is 0 Å². The van der Waals surface area contributed by atoms with E-state index in [-0.39, 0.29) is 5.91 Å². The summed E-state index contributed by atoms with van der Waals surface area (Å²) < 4.78 is 5.47. The van der Waals surface area contributed by atoms with Crippen molar-refractivity contribution in [2.75, 3.05) is 5.32 Å². The van der Waals surface area contributed by atoms with Crippen LogP contribution in [0.15, 0.2) is 53.9 Å². The van der Waals surface area contributed by atoms with Gasteiger partial charge in [0, 0.05) is 30.8 Å². The fraction of sp³-hybridized carbons (Fsp3) is 0.217. The number of esters is 1. The number of amides is 2. The van der Waals surface area contributed by atoms with Crippen LogP contribution in [-0.2, 0) is 27.3 Å². The van der Waals surface area contributed by atoms with Gasteiger partial charge in [0.25, 0.3) is 5.91 Å². The van der Waals surface area contributed by atoms with E-state index in [9.17, 15) is 14.4 Å². The molecule has 0 bridgehead atoms. The lowest BCUT2D eigenvalue weighted by Crippen LogP contribution is -2.48. The normalized spacial score (nSPS) is 17.4. The topological polar surface area (TPSA) is 97.4 Å². The Hall–Kier alpha value is -3.52. The van der Waals surface area contributed by atoms with Crippen LogP contribution in [0.1, 0.15) is 35.3 Å². The van der Waals surface area contributed by atoms with Gasteiger partial charge in [0.1, 0.15) is 0 Å². The second kappa shape index (κ2) is 8.31. The number of nitrogens with one attached hydrogen (secondary N) is 2. The maximum atomic E-state index is 12.9. The molecule has 1 aliphatic heterocycles. The molecule has 0 saturated heterocycles. The van der Waals surface area contributed by atoms with Crippen molar-refractivity contribution in [2.45, 2.75) is 32.4 Å². The third kappa shape index (κ3) is 4.49. The maximum absolute atomic E-state index is 12.9. The summed E-state index contributed by atoms with van der Waals surface area (Å²) in [5, 5.41) is 7.82. The minimum Gasteiger partial charge on any atom is -0.445 e. The Bertz CT molecular complexity index is 1160. The van der Waals surface area contributed by atoms with E-state index >= 15 is 0 Å². The van der Waals surface area contributed by atoms with Gasteiger partial charge >= 0.3 is 5.97 Å². The van der Waals surface area contributed by atoms with E-state index in [1.165, 1.54) is 18.3 Å². The van der Waals surface area contributed by atoms with Gasteiger partial charge in [-0.15, -0.1) is 11.3 Å². The lowest BCUT2D eigenvalue weighted by Gasteiger charge is -2.32. The predicted octanol–water partition coefficient (Wildman–Crippen LogP) is 3.56. The number of carbonyl (C=O) groups is 3. The average Bonchev–Trinajstić information content (AvgIpc) is 3.21. The zero-order valence-corrected chi connectivity index (χ0v) is 17.9. The van der Waals surface area contributed by atoms with Gasteiger partial charge in [-0.05, 0) is 24.1 Å². The Balaban J connectivity index is 1.45. The lowest BCUT2D eigenvalue weighted by atomic mass is 9.89. The van der Waals surface area contributed by atoms with Crippen LogP contribution in [-0.4, -0.2) is 28.4 Å². The third-order valence-electron chi connectivity index (χ3n) is 5.08. The molecule has 0 aliphatic carbocycles. The first-order valence-electron chi connectivity index (χ1n) is 9.76. The molecule has 3 aromatic rings. The first kappa shape index (κ1) is 20.7. The second-order valence-electron chi connectivity index (χ2n) is 7.55. The number of rotatable bonds is 5. The van der Waals surface area contributed by atoms with E-state index in [0.717, 1.165) is 22.4 Å². The third-order valence-corrected chi connectivity index (χ3v) is 5.84. The zero-order valence-electron chi connectivity index (χ0n) is 17.1. The molecule has 2 N–H and O–H groups in total. The van der Waals surface area contributed by atoms with Gasteiger partial charge in [-0.1, -0.05) is 42.5 Å². The molecule has 0 spiro atoms. The zero-order chi connectivity index (χ0) is 22.0. The van der Waals surface area contributed by atoms with Crippen LogP contribution in [0, 0.1) is 0 Å². The van der Waals surface area contributed by atoms with E-state index in [2.05, 4.69) is 15.6 Å². The number of thiazole rings is 1. The molecule has 0 saturated carbocycles. The number of ether oxygens (including phenoxy) is 1. The van der Waals surface area contributed by atoms with Crippen molar-refractivity contribution in [3.63, 3.8) is 0 Å². The van der Waals surface area contributed by atoms with Crippen LogP contribution in [0.25, 0.3) is 11.3 Å². The molecule has 1 aromatic heterocycles. The Kier molecular flexibility index (Phi) is 5.56. The summed E-state index contributed by atoms with van der Waals surface area (Å²) in [5.74, 6) is -0.995. The number of carbonyl (C=O) groups excluding carboxylic acids is 3. The van der Waals surface area contributed by atoms with E-state index < -0.39 is 17.5 Å². The summed E-state index contributed by atoms with van der Waals surface area (Å²) in [7, 11) is 0. The Morgan fingerprint density at radius 2 is 1.90 bits per heavy atom. The summed E-state index contributed by atoms with van der Waals surface area (Å²) in [6, 6.07) is 14.8. The lowest BCUT2D eigenvalue weighted by molar-refractivity contribution is -0.134. The van der Waals surface area contributed by atoms with Crippen LogP contribution in [0.5, 0.6) is 0 Å². The SMILES string of the molecule is CC(=O)NCc1ccc(-c2csc(NC(=O)C3(C)Cc4ccccc4C(=O)O3)n2)cc1. The summed E-state index contributed by atoms with van der Waals surface area (Å²) in [6.07, 6.45) is 0.300. The van der Waals surface area contributed by atoms with Crippen molar-refractivity contribution in [1.29, 1.82) is 0 Å². The Morgan fingerprint density at radius 3 is 2.65 bits per heavy atom. The van der Waals surface area contributed by atoms with Crippen LogP contribution in [0.4, 0.5) is 5.13 Å². The fourth-order valence-electron chi connectivity index (χ4n) is 3.37. The number of anilines is 1. The quantitative estimate of drug-likeness (QED) is 0.598. The predicted molar refractivity (Wildman–Crippen MR) is 118 cm³/mol. The molecule has 4 rings (SSSR count). The highest BCUT2D eigenvalue weighted by Crippen LogP contribution is 2.31. The number of hydrogen-bond acceptors (Lipinski definition) is 6. The molecule has 2 heterocycles. The summed E-state index contributed by atoms with van der Waals surface area (Å²) in [5.41, 5.74) is 2.58. The monoisotopic (exact) mass is 435 g/mol. The fourth-order valence-corrected chi connectivity index (χ4v) is 4.09. The van der Waals surface area contributed by atoms with Crippen molar-refractivity contribution in [1.82, 2.24) is 10.3 Å². The molecular weight excluding hydrogens is 414 g/mol. The standard InChI is InChI=1S/C23H21N3O4S/c1-14(27)24-12-15-7-9-16(10-8-15)19-13-31-22(25-19)26-21(29)23(2)11-17-5-3-4-6-18(17)20(28)30-23/h3-10,13H,11-12H2,1-2H3,(H,24,27)(H,25,26,29). The number of aromatic nitrogens is 1. The molecule has 1 unspecified atom stereocenters. The van der Waals surface area contributed by atoms with E-state index in [4.69, 9.17) is 4.74 Å². The van der Waals surface area contributed by atoms with Crippen molar-refractivity contribution in [3.8, 4) is 11.3 Å². The van der Waals surface area contributed by atoms with Gasteiger partial charge in [0.15, 0.2) is 10.7 Å². The molecule has 2 amide bonds. The van der Waals surface area contributed by atoms with Crippen LogP contribution >= 0.6 is 11.3 Å². The van der Waals surface area contributed by atoms with E-state index in [1.807, 2.05) is 41.8 Å². The van der Waals surface area contributed by atoms with Gasteiger partial charge in [0.2, 0.25) is 5.91 Å². The minimum atomic E-state index is -1.30. The molecule has 31 heavy (non-hydrogen) atoms. The second-order valence-corrected chi connectivity index (χ2v) is 8.41. The van der Waals surface area contributed by atoms with Crippen LogP contribution in [0.2, 0.25) is 0 Å². The Labute approximate surface area is 183 Å². The molecule has 7 nitrogen and oxygen atoms in total. The molecular formula is C23H21N3O4S. The molecule has 1 aliphatic rings. The van der Waals surface area contributed by atoms with Crippen molar-refractivity contribution >= 4 is 34.3 Å². The highest BCUT2D eigenvalue weighted by molar-refractivity contribution is 7.14. The summed E-state index contributed by atoms with van der Waals surface area (Å²) >= 11 is 1.30. The first-order valence-corrected chi connectivity index (χ1v) is 10.6. The van der Waals surface area contributed by atoms with Gasteiger partial charge in [-0.25, -0.2) is 9.78 Å². The molecule has 0 fully saturated rings. The molecule has 158 valence electrons. The summed E-state index contributed by atoms with van der Waals surface area (Å²) in [6.45, 7) is 3.56. The molecule has 8 heteroatoms. The number of nitrogens with zero attached hydrogens (tertiary/aromatic N) is 1. The van der Waals surface area contributed by atoms with E-state index in [1.54, 1.807) is 19.1 Å². The van der Waals surface area contributed by atoms with Gasteiger partial charge in [0.05, 0.1) is 11.3 Å². The largest absolute Gasteiger partial charge is 0.445 e. The van der Waals surface area contributed by atoms with Crippen LogP contribution < -0.4 is 10.6 Å². The highest BCUT2D eigenvalue weighted by atomic mass is 32.1. The molecule has 2 aromatic carbocycles. The number of benzene rings is 2. The highest BCUT2D eigenvalue weighted by Gasteiger charge is 2.42. The van der Waals surface area contributed by atoms with Crippen molar-refractivity contribution in [3.05, 3.63) is 70.6 Å². The summed E-state index contributed by atoms with van der Waals surface area (Å²) in [4.78, 5) is 40.7. The minimum absolute atomic E-state index is 0.0789. The van der Waals surface area contributed by atoms with E-state index in [0.29, 0.717) is 23.7 Å². The number of hydrogen-bond donors (Lipinski definition) is 2. The molecule has 0 radical (unpaired) electrons. The van der Waals surface area contributed by atoms with Gasteiger partial charge in [-0.2, -0.15) is 0 Å². The average molecular weight is 436 g/mol. The van der Waals surface area contributed by atoms with Gasteiger partial charge < -0.3 is 10.1 Å². The Morgan fingerprint density at radius 1 is 1.16 bits per heavy atom. The number of fused-ring (bicyclic) bond motifs is 1. The maximum Gasteiger partial charge on any atom is 0.339 e. The molecule has 1 atom stereocenters. The van der Waals surface area contributed by atoms with Gasteiger partial charge in [-0.3, -0.25) is 14.9 Å². The smallest absolute Gasteiger partial charge is 0.339 e.